The third-order valence-electron chi connectivity index (χ3n) is 3.00. The summed E-state index contributed by atoms with van der Waals surface area (Å²) in [5.41, 5.74) is 0.0260. The number of carbonyl (C=O) groups is 1. The molecular formula is C14H18F2N2O3. The largest absolute Gasteiger partial charge is 0.444 e. The van der Waals surface area contributed by atoms with Crippen LogP contribution in [0.3, 0.4) is 0 Å². The first-order valence-corrected chi connectivity index (χ1v) is 6.63. The molecular weight excluding hydrogens is 282 g/mol. The number of rotatable bonds is 3. The Morgan fingerprint density at radius 2 is 2.10 bits per heavy atom. The van der Waals surface area contributed by atoms with Crippen LogP contribution in [-0.2, 0) is 4.74 Å². The van der Waals surface area contributed by atoms with Crippen molar-refractivity contribution in [3.63, 3.8) is 0 Å². The van der Waals surface area contributed by atoms with Crippen molar-refractivity contribution >= 4 is 6.09 Å². The lowest BCUT2D eigenvalue weighted by atomic mass is 9.92. The van der Waals surface area contributed by atoms with Gasteiger partial charge in [0.15, 0.2) is 0 Å². The predicted molar refractivity (Wildman–Crippen MR) is 71.4 cm³/mol. The lowest BCUT2D eigenvalue weighted by molar-refractivity contribution is -0.0515. The van der Waals surface area contributed by atoms with E-state index in [-0.39, 0.29) is 11.7 Å². The van der Waals surface area contributed by atoms with Crippen LogP contribution >= 0.6 is 0 Å². The normalized spacial score (nSPS) is 15.8. The molecule has 0 spiro atoms. The first-order chi connectivity index (χ1) is 9.76. The van der Waals surface area contributed by atoms with E-state index in [0.717, 1.165) is 0 Å². The molecule has 21 heavy (non-hydrogen) atoms. The van der Waals surface area contributed by atoms with E-state index >= 15 is 0 Å². The van der Waals surface area contributed by atoms with E-state index < -0.39 is 18.3 Å². The highest BCUT2D eigenvalue weighted by Crippen LogP contribution is 2.34. The SMILES string of the molecule is CC(C)(C)OC(=O)N1CC(c2cnccc2OC(F)F)C1. The quantitative estimate of drug-likeness (QED) is 0.861. The minimum atomic E-state index is -2.88. The molecule has 1 aliphatic rings. The molecule has 116 valence electrons. The number of hydrogen-bond donors (Lipinski definition) is 0. The molecule has 2 rings (SSSR count). The standard InChI is InChI=1S/C14H18F2N2O3/c1-14(2,3)21-13(19)18-7-9(8-18)10-6-17-5-4-11(10)20-12(15)16/h4-6,9,12H,7-8H2,1-3H3. The second kappa shape index (κ2) is 5.83. The zero-order valence-electron chi connectivity index (χ0n) is 12.2. The molecule has 2 heterocycles. The van der Waals surface area contributed by atoms with E-state index in [1.165, 1.54) is 23.4 Å². The van der Waals surface area contributed by atoms with Gasteiger partial charge in [0.2, 0.25) is 0 Å². The van der Waals surface area contributed by atoms with E-state index in [1.807, 2.05) is 0 Å². The minimum absolute atomic E-state index is 0.0695. The van der Waals surface area contributed by atoms with Crippen molar-refractivity contribution in [3.8, 4) is 5.75 Å². The van der Waals surface area contributed by atoms with Gasteiger partial charge in [0.25, 0.3) is 0 Å². The van der Waals surface area contributed by atoms with Crippen molar-refractivity contribution in [2.45, 2.75) is 38.9 Å². The molecule has 0 saturated carbocycles. The first kappa shape index (κ1) is 15.5. The minimum Gasteiger partial charge on any atom is -0.444 e. The van der Waals surface area contributed by atoms with Gasteiger partial charge in [-0.2, -0.15) is 8.78 Å². The zero-order valence-corrected chi connectivity index (χ0v) is 12.2. The second-order valence-corrected chi connectivity index (χ2v) is 5.87. The van der Waals surface area contributed by atoms with Crippen LogP contribution in [0.25, 0.3) is 0 Å². The number of pyridine rings is 1. The van der Waals surface area contributed by atoms with E-state index in [4.69, 9.17) is 4.74 Å². The summed E-state index contributed by atoms with van der Waals surface area (Å²) >= 11 is 0. The van der Waals surface area contributed by atoms with Gasteiger partial charge in [-0.05, 0) is 26.8 Å². The number of likely N-dealkylation sites (tertiary alicyclic amines) is 1. The molecule has 1 aromatic heterocycles. The zero-order chi connectivity index (χ0) is 15.6. The van der Waals surface area contributed by atoms with Crippen LogP contribution in [0, 0.1) is 0 Å². The average Bonchev–Trinajstić information content (AvgIpc) is 2.26. The summed E-state index contributed by atoms with van der Waals surface area (Å²) in [5, 5.41) is 0. The lowest BCUT2D eigenvalue weighted by Crippen LogP contribution is -2.50. The maximum absolute atomic E-state index is 12.3. The van der Waals surface area contributed by atoms with Crippen molar-refractivity contribution in [2.75, 3.05) is 13.1 Å². The molecule has 1 saturated heterocycles. The van der Waals surface area contributed by atoms with Gasteiger partial charge in [0, 0.05) is 37.0 Å². The highest BCUT2D eigenvalue weighted by atomic mass is 19.3. The van der Waals surface area contributed by atoms with Crippen molar-refractivity contribution < 1.29 is 23.0 Å². The number of alkyl halides is 2. The Balaban J connectivity index is 1.97. The predicted octanol–water partition coefficient (Wildman–Crippen LogP) is 3.02. The smallest absolute Gasteiger partial charge is 0.410 e. The summed E-state index contributed by atoms with van der Waals surface area (Å²) in [7, 11) is 0. The summed E-state index contributed by atoms with van der Waals surface area (Å²) < 4.78 is 34.4. The molecule has 1 amide bonds. The highest BCUT2D eigenvalue weighted by Gasteiger charge is 2.36. The third-order valence-corrected chi connectivity index (χ3v) is 3.00. The molecule has 1 fully saturated rings. The summed E-state index contributed by atoms with van der Waals surface area (Å²) in [5.74, 6) is 0.0359. The van der Waals surface area contributed by atoms with Crippen molar-refractivity contribution in [2.24, 2.45) is 0 Å². The Hall–Kier alpha value is -1.92. The number of aromatic nitrogens is 1. The first-order valence-electron chi connectivity index (χ1n) is 6.63. The fourth-order valence-electron chi connectivity index (χ4n) is 2.05. The Morgan fingerprint density at radius 3 is 2.67 bits per heavy atom. The summed E-state index contributed by atoms with van der Waals surface area (Å²) in [4.78, 5) is 17.3. The van der Waals surface area contributed by atoms with Gasteiger partial charge in [0.05, 0.1) is 0 Å². The van der Waals surface area contributed by atoms with Gasteiger partial charge in [-0.15, -0.1) is 0 Å². The van der Waals surface area contributed by atoms with Crippen LogP contribution in [0.2, 0.25) is 0 Å². The van der Waals surface area contributed by atoms with E-state index in [1.54, 1.807) is 20.8 Å². The van der Waals surface area contributed by atoms with Crippen LogP contribution in [0.1, 0.15) is 32.3 Å². The van der Waals surface area contributed by atoms with Gasteiger partial charge in [-0.25, -0.2) is 4.79 Å². The molecule has 0 aromatic carbocycles. The Bertz CT molecular complexity index is 511. The number of amides is 1. The summed E-state index contributed by atoms with van der Waals surface area (Å²) in [6.07, 6.45) is 2.49. The highest BCUT2D eigenvalue weighted by molar-refractivity contribution is 5.69. The van der Waals surface area contributed by atoms with Gasteiger partial charge in [-0.3, -0.25) is 4.98 Å². The molecule has 0 atom stereocenters. The third kappa shape index (κ3) is 4.03. The van der Waals surface area contributed by atoms with E-state index in [2.05, 4.69) is 9.72 Å². The molecule has 1 aromatic rings. The Morgan fingerprint density at radius 1 is 1.43 bits per heavy atom. The number of halogens is 2. The summed E-state index contributed by atoms with van der Waals surface area (Å²) in [6.45, 7) is 3.29. The van der Waals surface area contributed by atoms with Gasteiger partial charge < -0.3 is 14.4 Å². The Labute approximate surface area is 121 Å². The van der Waals surface area contributed by atoms with E-state index in [9.17, 15) is 13.6 Å². The molecule has 5 nitrogen and oxygen atoms in total. The van der Waals surface area contributed by atoms with Crippen LogP contribution in [0.15, 0.2) is 18.5 Å². The fourth-order valence-corrected chi connectivity index (χ4v) is 2.05. The number of ether oxygens (including phenoxy) is 2. The van der Waals surface area contributed by atoms with Gasteiger partial charge >= 0.3 is 12.7 Å². The van der Waals surface area contributed by atoms with Gasteiger partial charge in [0.1, 0.15) is 11.4 Å². The number of nitrogens with zero attached hydrogens (tertiary/aromatic N) is 2. The van der Waals surface area contributed by atoms with Gasteiger partial charge in [-0.1, -0.05) is 0 Å². The maximum Gasteiger partial charge on any atom is 0.410 e. The number of carbonyl (C=O) groups excluding carboxylic acids is 1. The van der Waals surface area contributed by atoms with E-state index in [0.29, 0.717) is 18.7 Å². The van der Waals surface area contributed by atoms with Crippen LogP contribution in [-0.4, -0.2) is 41.3 Å². The van der Waals surface area contributed by atoms with Crippen molar-refractivity contribution in [3.05, 3.63) is 24.0 Å². The molecule has 0 N–H and O–H groups in total. The monoisotopic (exact) mass is 300 g/mol. The van der Waals surface area contributed by atoms with Crippen molar-refractivity contribution in [1.29, 1.82) is 0 Å². The van der Waals surface area contributed by atoms with Crippen LogP contribution in [0.5, 0.6) is 5.75 Å². The summed E-state index contributed by atoms with van der Waals surface area (Å²) in [6, 6.07) is 1.40. The van der Waals surface area contributed by atoms with Crippen LogP contribution in [0.4, 0.5) is 13.6 Å². The maximum atomic E-state index is 12.3. The molecule has 0 bridgehead atoms. The molecule has 1 aliphatic heterocycles. The Kier molecular flexibility index (Phi) is 4.29. The number of hydrogen-bond acceptors (Lipinski definition) is 4. The molecule has 0 radical (unpaired) electrons. The topological polar surface area (TPSA) is 51.7 Å². The second-order valence-electron chi connectivity index (χ2n) is 5.87. The lowest BCUT2D eigenvalue weighted by Gasteiger charge is -2.40. The fraction of sp³-hybridized carbons (Fsp3) is 0.571. The van der Waals surface area contributed by atoms with Crippen molar-refractivity contribution in [1.82, 2.24) is 9.88 Å². The molecule has 7 heteroatoms. The molecule has 0 aliphatic carbocycles. The average molecular weight is 300 g/mol. The van der Waals surface area contributed by atoms with Crippen LogP contribution < -0.4 is 4.74 Å². The molecule has 0 unspecified atom stereocenters.